The zero-order valence-electron chi connectivity index (χ0n) is 9.00. The number of benzene rings is 1. The highest BCUT2D eigenvalue weighted by Gasteiger charge is 2.01. The molecule has 0 spiro atoms. The molecule has 17 heavy (non-hydrogen) atoms. The topological polar surface area (TPSA) is 57.5 Å². The van der Waals surface area contributed by atoms with E-state index in [1.54, 1.807) is 24.3 Å². The van der Waals surface area contributed by atoms with E-state index in [1.807, 2.05) is 0 Å². The molecule has 0 saturated heterocycles. The zero-order chi connectivity index (χ0) is 12.3. The lowest BCUT2D eigenvalue weighted by molar-refractivity contribution is -0.111. The van der Waals surface area contributed by atoms with Gasteiger partial charge in [-0.15, -0.1) is 0 Å². The van der Waals surface area contributed by atoms with Gasteiger partial charge >= 0.3 is 0 Å². The van der Waals surface area contributed by atoms with Crippen molar-refractivity contribution in [3.63, 3.8) is 0 Å². The Bertz CT molecular complexity index is 516. The van der Waals surface area contributed by atoms with Crippen LogP contribution in [0.2, 0.25) is 0 Å². The molecule has 2 N–H and O–H groups in total. The van der Waals surface area contributed by atoms with Gasteiger partial charge in [-0.2, -0.15) is 0 Å². The lowest BCUT2D eigenvalue weighted by atomic mass is 10.0. The van der Waals surface area contributed by atoms with E-state index in [9.17, 15) is 15.0 Å². The molecule has 1 aromatic carbocycles. The molecule has 85 valence electrons. The van der Waals surface area contributed by atoms with Crippen LogP contribution in [0.4, 0.5) is 0 Å². The van der Waals surface area contributed by atoms with Gasteiger partial charge in [0.25, 0.3) is 0 Å². The summed E-state index contributed by atoms with van der Waals surface area (Å²) in [6.45, 7) is 0. The number of hydrogen-bond donors (Lipinski definition) is 2. The Morgan fingerprint density at radius 2 is 1.65 bits per heavy atom. The number of ketones is 1. The Morgan fingerprint density at radius 3 is 2.24 bits per heavy atom. The van der Waals surface area contributed by atoms with Crippen LogP contribution < -0.4 is 0 Å². The first-order valence-electron chi connectivity index (χ1n) is 5.12. The molecule has 0 unspecified atom stereocenters. The number of hydrogen-bond acceptors (Lipinski definition) is 3. The molecule has 0 heterocycles. The van der Waals surface area contributed by atoms with Gasteiger partial charge in [0.15, 0.2) is 5.78 Å². The predicted molar refractivity (Wildman–Crippen MR) is 65.3 cm³/mol. The molecular weight excluding hydrogens is 216 g/mol. The number of allylic oxidation sites excluding steroid dienone is 5. The van der Waals surface area contributed by atoms with Gasteiger partial charge in [0, 0.05) is 6.07 Å². The van der Waals surface area contributed by atoms with Crippen LogP contribution in [0.15, 0.2) is 48.1 Å². The molecule has 1 aromatic rings. The highest BCUT2D eigenvalue weighted by molar-refractivity contribution is 6.00. The third-order valence-corrected chi connectivity index (χ3v) is 2.27. The number of phenolic OH excluding ortho intramolecular Hbond substituents is 2. The molecule has 1 radical (unpaired) electrons. The van der Waals surface area contributed by atoms with Gasteiger partial charge in [-0.05, 0) is 29.3 Å². The van der Waals surface area contributed by atoms with Crippen molar-refractivity contribution >= 4 is 11.9 Å². The maximum Gasteiger partial charge on any atom is 0.163 e. The molecule has 0 atom stereocenters. The fraction of sp³-hybridized carbons (Fsp3) is 0. The van der Waals surface area contributed by atoms with Crippen LogP contribution >= 0.6 is 0 Å². The Balaban J connectivity index is 2.15. The van der Waals surface area contributed by atoms with Crippen molar-refractivity contribution in [2.45, 2.75) is 0 Å². The van der Waals surface area contributed by atoms with Crippen LogP contribution in [0.1, 0.15) is 5.56 Å². The van der Waals surface area contributed by atoms with Gasteiger partial charge < -0.3 is 10.2 Å². The summed E-state index contributed by atoms with van der Waals surface area (Å²) < 4.78 is 0. The summed E-state index contributed by atoms with van der Waals surface area (Å²) in [6.07, 6.45) is 9.94. The summed E-state index contributed by atoms with van der Waals surface area (Å²) in [6, 6.07) is 4.35. The van der Waals surface area contributed by atoms with E-state index in [0.29, 0.717) is 5.56 Å². The van der Waals surface area contributed by atoms with Crippen LogP contribution in [-0.2, 0) is 4.79 Å². The standard InChI is InChI=1S/C14H11O3/c15-12-5-3-10(4-6-12)1-2-11-7-13(16)9-14(17)8-11/h1-9,16-17H/b2-1+. The number of rotatable bonds is 2. The van der Waals surface area contributed by atoms with E-state index in [1.165, 1.54) is 30.7 Å². The van der Waals surface area contributed by atoms with Crippen LogP contribution in [0, 0.1) is 6.42 Å². The van der Waals surface area contributed by atoms with Crippen molar-refractivity contribution in [1.82, 2.24) is 0 Å². The fourth-order valence-electron chi connectivity index (χ4n) is 1.49. The van der Waals surface area contributed by atoms with Gasteiger partial charge in [-0.25, -0.2) is 0 Å². The third kappa shape index (κ3) is 3.08. The van der Waals surface area contributed by atoms with Gasteiger partial charge in [-0.3, -0.25) is 4.79 Å². The van der Waals surface area contributed by atoms with E-state index < -0.39 is 0 Å². The zero-order valence-corrected chi connectivity index (χ0v) is 9.00. The normalized spacial score (nSPS) is 15.3. The van der Waals surface area contributed by atoms with Crippen molar-refractivity contribution < 1.29 is 15.0 Å². The highest BCUT2D eigenvalue weighted by Crippen LogP contribution is 2.22. The Morgan fingerprint density at radius 1 is 0.941 bits per heavy atom. The molecule has 0 saturated carbocycles. The molecule has 2 rings (SSSR count). The van der Waals surface area contributed by atoms with Gasteiger partial charge in [0.2, 0.25) is 0 Å². The van der Waals surface area contributed by atoms with Gasteiger partial charge in [0.1, 0.15) is 11.5 Å². The van der Waals surface area contributed by atoms with Crippen molar-refractivity contribution in [2.75, 3.05) is 0 Å². The Kier molecular flexibility index (Phi) is 3.10. The second-order valence-corrected chi connectivity index (χ2v) is 3.69. The maximum absolute atomic E-state index is 10.9. The first-order valence-corrected chi connectivity index (χ1v) is 5.12. The molecule has 0 amide bonds. The lowest BCUT2D eigenvalue weighted by Crippen LogP contribution is -1.95. The number of carbonyl (C=O) groups is 1. The minimum absolute atomic E-state index is 0.0135. The van der Waals surface area contributed by atoms with Gasteiger partial charge in [0.05, 0.1) is 6.42 Å². The molecule has 0 aliphatic heterocycles. The summed E-state index contributed by atoms with van der Waals surface area (Å²) >= 11 is 0. The van der Waals surface area contributed by atoms with E-state index in [0.717, 1.165) is 5.57 Å². The van der Waals surface area contributed by atoms with E-state index in [-0.39, 0.29) is 17.3 Å². The molecule has 1 aliphatic rings. The summed E-state index contributed by atoms with van der Waals surface area (Å²) in [5, 5.41) is 18.6. The van der Waals surface area contributed by atoms with Gasteiger partial charge in [-0.1, -0.05) is 24.3 Å². The minimum Gasteiger partial charge on any atom is -0.508 e. The SMILES string of the molecule is O=C1[CH]C=C(/C=C/c2cc(O)cc(O)c2)C=C1. The maximum atomic E-state index is 10.9. The summed E-state index contributed by atoms with van der Waals surface area (Å²) in [5.74, 6) is -0.00346. The largest absolute Gasteiger partial charge is 0.508 e. The van der Waals surface area contributed by atoms with Crippen LogP contribution in [0.25, 0.3) is 6.08 Å². The molecule has 3 nitrogen and oxygen atoms in total. The summed E-state index contributed by atoms with van der Waals surface area (Å²) in [5.41, 5.74) is 1.57. The lowest BCUT2D eigenvalue weighted by Gasteiger charge is -2.01. The summed E-state index contributed by atoms with van der Waals surface area (Å²) in [4.78, 5) is 10.9. The number of phenols is 2. The summed E-state index contributed by atoms with van der Waals surface area (Å²) in [7, 11) is 0. The molecule has 0 aromatic heterocycles. The fourth-order valence-corrected chi connectivity index (χ4v) is 1.49. The van der Waals surface area contributed by atoms with Crippen LogP contribution in [-0.4, -0.2) is 16.0 Å². The smallest absolute Gasteiger partial charge is 0.163 e. The Hall–Kier alpha value is -2.29. The minimum atomic E-state index is -0.0304. The third-order valence-electron chi connectivity index (χ3n) is 2.27. The second-order valence-electron chi connectivity index (χ2n) is 3.69. The van der Waals surface area contributed by atoms with Crippen molar-refractivity contribution in [1.29, 1.82) is 0 Å². The first kappa shape index (κ1) is 11.2. The van der Waals surface area contributed by atoms with E-state index in [4.69, 9.17) is 0 Å². The van der Waals surface area contributed by atoms with Crippen molar-refractivity contribution in [3.05, 3.63) is 60.1 Å². The van der Waals surface area contributed by atoms with Crippen LogP contribution in [0.5, 0.6) is 11.5 Å². The average molecular weight is 227 g/mol. The van der Waals surface area contributed by atoms with Crippen molar-refractivity contribution in [3.8, 4) is 11.5 Å². The predicted octanol–water partition coefficient (Wildman–Crippen LogP) is 2.38. The molecule has 3 heteroatoms. The molecule has 1 aliphatic carbocycles. The average Bonchev–Trinajstić information content (AvgIpc) is 2.27. The monoisotopic (exact) mass is 227 g/mol. The van der Waals surface area contributed by atoms with E-state index in [2.05, 4.69) is 0 Å². The quantitative estimate of drug-likeness (QED) is 0.815. The van der Waals surface area contributed by atoms with Crippen molar-refractivity contribution in [2.24, 2.45) is 0 Å². The highest BCUT2D eigenvalue weighted by atomic mass is 16.3. The molecule has 0 fully saturated rings. The number of carbonyl (C=O) groups excluding carboxylic acids is 1. The van der Waals surface area contributed by atoms with E-state index >= 15 is 0 Å². The molecular formula is C14H11O3. The number of aromatic hydroxyl groups is 2. The Labute approximate surface area is 99.0 Å². The van der Waals surface area contributed by atoms with Crippen LogP contribution in [0.3, 0.4) is 0 Å². The molecule has 0 bridgehead atoms. The first-order chi connectivity index (χ1) is 8.13. The second kappa shape index (κ2) is 4.70.